The fraction of sp³-hybridized carbons (Fsp3) is 0.235. The molecule has 0 saturated carbocycles. The molecular weight excluding hydrogens is 329 g/mol. The van der Waals surface area contributed by atoms with Gasteiger partial charge in [0.1, 0.15) is 11.6 Å². The third-order valence-electron chi connectivity index (χ3n) is 3.39. The molecule has 3 aromatic rings. The van der Waals surface area contributed by atoms with Gasteiger partial charge in [0, 0.05) is 29.4 Å². The van der Waals surface area contributed by atoms with E-state index in [4.69, 9.17) is 9.47 Å². The van der Waals surface area contributed by atoms with E-state index in [0.29, 0.717) is 28.2 Å². The van der Waals surface area contributed by atoms with Crippen molar-refractivity contribution in [2.24, 2.45) is 0 Å². The molecule has 2 heterocycles. The zero-order valence-electron chi connectivity index (χ0n) is 13.5. The molecule has 0 bridgehead atoms. The topological polar surface area (TPSA) is 57.1 Å². The highest BCUT2D eigenvalue weighted by atomic mass is 32.1. The van der Waals surface area contributed by atoms with Crippen LogP contribution in [-0.2, 0) is 0 Å². The second kappa shape index (κ2) is 6.92. The molecule has 0 radical (unpaired) electrons. The van der Waals surface area contributed by atoms with Gasteiger partial charge < -0.3 is 9.47 Å². The summed E-state index contributed by atoms with van der Waals surface area (Å²) in [6.45, 7) is 3.89. The standard InChI is InChI=1S/C17H16FN3O2S/c1-10(2)13-5-4-12(6-14(13)18)23-17-21-15(9-24-17)11-7-19-16(22-3)20-8-11/h4-10H,1-3H3. The largest absolute Gasteiger partial charge is 0.467 e. The molecule has 0 aliphatic heterocycles. The minimum absolute atomic E-state index is 0.126. The van der Waals surface area contributed by atoms with Gasteiger partial charge in [-0.1, -0.05) is 31.3 Å². The van der Waals surface area contributed by atoms with E-state index in [2.05, 4.69) is 15.0 Å². The summed E-state index contributed by atoms with van der Waals surface area (Å²) in [6.07, 6.45) is 3.25. The molecule has 124 valence electrons. The zero-order chi connectivity index (χ0) is 17.1. The first-order chi connectivity index (χ1) is 11.6. The Hall–Kier alpha value is -2.54. The van der Waals surface area contributed by atoms with Gasteiger partial charge in [-0.3, -0.25) is 0 Å². The Morgan fingerprint density at radius 3 is 2.54 bits per heavy atom. The number of aromatic nitrogens is 3. The molecule has 1 aromatic carbocycles. The van der Waals surface area contributed by atoms with Crippen molar-refractivity contribution >= 4 is 11.3 Å². The first kappa shape index (κ1) is 16.3. The lowest BCUT2D eigenvalue weighted by molar-refractivity contribution is 0.380. The molecule has 5 nitrogen and oxygen atoms in total. The van der Waals surface area contributed by atoms with Crippen LogP contribution in [0.15, 0.2) is 36.0 Å². The van der Waals surface area contributed by atoms with Crippen LogP contribution in [0.2, 0.25) is 0 Å². The molecule has 0 aliphatic rings. The fourth-order valence-corrected chi connectivity index (χ4v) is 2.83. The number of rotatable bonds is 5. The fourth-order valence-electron chi connectivity index (χ4n) is 2.13. The molecule has 7 heteroatoms. The molecule has 0 atom stereocenters. The van der Waals surface area contributed by atoms with Crippen molar-refractivity contribution < 1.29 is 13.9 Å². The number of benzene rings is 1. The summed E-state index contributed by atoms with van der Waals surface area (Å²) in [4.78, 5) is 12.5. The van der Waals surface area contributed by atoms with Gasteiger partial charge >= 0.3 is 6.01 Å². The molecule has 3 rings (SSSR count). The number of methoxy groups -OCH3 is 1. The predicted molar refractivity (Wildman–Crippen MR) is 90.3 cm³/mol. The van der Waals surface area contributed by atoms with Crippen molar-refractivity contribution in [1.29, 1.82) is 0 Å². The van der Waals surface area contributed by atoms with Crippen molar-refractivity contribution in [1.82, 2.24) is 15.0 Å². The summed E-state index contributed by atoms with van der Waals surface area (Å²) in [5.41, 5.74) is 2.11. The average Bonchev–Trinajstić information content (AvgIpc) is 3.03. The van der Waals surface area contributed by atoms with Crippen molar-refractivity contribution in [3.63, 3.8) is 0 Å². The second-order valence-electron chi connectivity index (χ2n) is 5.40. The number of hydrogen-bond donors (Lipinski definition) is 0. The predicted octanol–water partition coefficient (Wildman–Crippen LogP) is 4.66. The van der Waals surface area contributed by atoms with E-state index < -0.39 is 0 Å². The molecule has 24 heavy (non-hydrogen) atoms. The molecule has 0 N–H and O–H groups in total. The Morgan fingerprint density at radius 2 is 1.92 bits per heavy atom. The smallest absolute Gasteiger partial charge is 0.316 e. The van der Waals surface area contributed by atoms with Gasteiger partial charge in [-0.05, 0) is 17.5 Å². The summed E-state index contributed by atoms with van der Waals surface area (Å²) >= 11 is 1.32. The van der Waals surface area contributed by atoms with Crippen molar-refractivity contribution in [3.8, 4) is 28.2 Å². The molecule has 0 aliphatic carbocycles. The number of hydrogen-bond acceptors (Lipinski definition) is 6. The summed E-state index contributed by atoms with van der Waals surface area (Å²) in [5.74, 6) is 0.271. The van der Waals surface area contributed by atoms with Crippen molar-refractivity contribution in [2.75, 3.05) is 7.11 Å². The Kier molecular flexibility index (Phi) is 4.71. The third-order valence-corrected chi connectivity index (χ3v) is 4.11. The maximum absolute atomic E-state index is 14.0. The summed E-state index contributed by atoms with van der Waals surface area (Å²) in [6, 6.07) is 5.16. The van der Waals surface area contributed by atoms with Gasteiger partial charge in [-0.25, -0.2) is 19.3 Å². The Balaban J connectivity index is 1.77. The van der Waals surface area contributed by atoms with Gasteiger partial charge in [0.2, 0.25) is 0 Å². The zero-order valence-corrected chi connectivity index (χ0v) is 14.3. The van der Waals surface area contributed by atoms with Crippen LogP contribution in [0.5, 0.6) is 17.0 Å². The van der Waals surface area contributed by atoms with Gasteiger partial charge in [0.15, 0.2) is 0 Å². The van der Waals surface area contributed by atoms with Gasteiger partial charge in [-0.15, -0.1) is 0 Å². The molecule has 0 fully saturated rings. The molecule has 0 amide bonds. The molecule has 2 aromatic heterocycles. The minimum Gasteiger partial charge on any atom is -0.467 e. The van der Waals surface area contributed by atoms with Crippen LogP contribution in [0.25, 0.3) is 11.3 Å². The molecule has 0 unspecified atom stereocenters. The summed E-state index contributed by atoms with van der Waals surface area (Å²) in [7, 11) is 1.51. The highest BCUT2D eigenvalue weighted by Crippen LogP contribution is 2.31. The Bertz CT molecular complexity index is 834. The number of halogens is 1. The molecule has 0 spiro atoms. The van der Waals surface area contributed by atoms with Crippen LogP contribution in [0.3, 0.4) is 0 Å². The van der Waals surface area contributed by atoms with Crippen molar-refractivity contribution in [2.45, 2.75) is 19.8 Å². The van der Waals surface area contributed by atoms with Crippen molar-refractivity contribution in [3.05, 3.63) is 47.4 Å². The van der Waals surface area contributed by atoms with E-state index in [1.54, 1.807) is 24.5 Å². The van der Waals surface area contributed by atoms with E-state index in [9.17, 15) is 4.39 Å². The third kappa shape index (κ3) is 3.51. The van der Waals surface area contributed by atoms with E-state index in [1.165, 1.54) is 24.5 Å². The van der Waals surface area contributed by atoms with Crippen LogP contribution in [-0.4, -0.2) is 22.1 Å². The van der Waals surface area contributed by atoms with Gasteiger partial charge in [0.05, 0.1) is 12.8 Å². The maximum atomic E-state index is 14.0. The Morgan fingerprint density at radius 1 is 1.17 bits per heavy atom. The second-order valence-corrected chi connectivity index (χ2v) is 6.22. The number of nitrogens with zero attached hydrogens (tertiary/aromatic N) is 3. The first-order valence-corrected chi connectivity index (χ1v) is 8.24. The lowest BCUT2D eigenvalue weighted by Gasteiger charge is -2.08. The van der Waals surface area contributed by atoms with E-state index in [1.807, 2.05) is 19.2 Å². The van der Waals surface area contributed by atoms with E-state index in [0.717, 1.165) is 5.56 Å². The SMILES string of the molecule is COc1ncc(-c2csc(Oc3ccc(C(C)C)c(F)c3)n2)cn1. The average molecular weight is 345 g/mol. The highest BCUT2D eigenvalue weighted by molar-refractivity contribution is 7.11. The van der Waals surface area contributed by atoms with Gasteiger partial charge in [-0.2, -0.15) is 0 Å². The van der Waals surface area contributed by atoms with E-state index in [-0.39, 0.29) is 11.7 Å². The summed E-state index contributed by atoms with van der Waals surface area (Å²) < 4.78 is 24.6. The number of ether oxygens (including phenoxy) is 2. The van der Waals surface area contributed by atoms with E-state index >= 15 is 0 Å². The van der Waals surface area contributed by atoms with Crippen LogP contribution in [0, 0.1) is 5.82 Å². The summed E-state index contributed by atoms with van der Waals surface area (Å²) in [5, 5.41) is 2.26. The Labute approximate surface area is 143 Å². The van der Waals surface area contributed by atoms with Gasteiger partial charge in [0.25, 0.3) is 5.19 Å². The lowest BCUT2D eigenvalue weighted by Crippen LogP contribution is -1.94. The lowest BCUT2D eigenvalue weighted by atomic mass is 10.0. The number of thiazole rings is 1. The van der Waals surface area contributed by atoms with Crippen LogP contribution < -0.4 is 9.47 Å². The maximum Gasteiger partial charge on any atom is 0.316 e. The van der Waals surface area contributed by atoms with Crippen LogP contribution in [0.1, 0.15) is 25.3 Å². The minimum atomic E-state index is -0.275. The highest BCUT2D eigenvalue weighted by Gasteiger charge is 2.11. The molecular formula is C17H16FN3O2S. The molecule has 0 saturated heterocycles. The quantitative estimate of drug-likeness (QED) is 0.673. The normalized spacial score (nSPS) is 10.9. The van der Waals surface area contributed by atoms with Crippen LogP contribution >= 0.6 is 11.3 Å². The monoisotopic (exact) mass is 345 g/mol. The van der Waals surface area contributed by atoms with Crippen LogP contribution in [0.4, 0.5) is 4.39 Å². The first-order valence-electron chi connectivity index (χ1n) is 7.36.